The first-order chi connectivity index (χ1) is 19.0. The molecule has 9 nitrogen and oxygen atoms in total. The smallest absolute Gasteiger partial charge is 0.341 e. The number of para-hydroxylation sites is 1. The topological polar surface area (TPSA) is 116 Å². The van der Waals surface area contributed by atoms with Crippen LogP contribution in [0.25, 0.3) is 6.08 Å². The number of aliphatic carboxylic acids is 1. The number of halogens is 2. The molecule has 0 unspecified atom stereocenters. The highest BCUT2D eigenvalue weighted by Gasteiger charge is 2.35. The van der Waals surface area contributed by atoms with Crippen LogP contribution in [0.15, 0.2) is 61.9 Å². The molecule has 1 atom stereocenters. The Morgan fingerprint density at radius 1 is 1.27 bits per heavy atom. The Hall–Kier alpha value is -3.41. The van der Waals surface area contributed by atoms with Gasteiger partial charge in [0.05, 0.1) is 38.0 Å². The summed E-state index contributed by atoms with van der Waals surface area (Å²) in [5.74, 6) is -0.976. The number of nitrogens with zero attached hydrogens (tertiary/aromatic N) is 2. The number of aromatic nitrogens is 1. The van der Waals surface area contributed by atoms with E-state index in [4.69, 9.17) is 30.9 Å². The monoisotopic (exact) mass is 648 g/mol. The zero-order valence-electron chi connectivity index (χ0n) is 22.1. The summed E-state index contributed by atoms with van der Waals surface area (Å²) in [6.07, 6.45) is 1.51. The molecule has 0 aliphatic carbocycles. The average molecular weight is 650 g/mol. The number of carbonyl (C=O) groups excluding carboxylic acids is 1. The molecule has 0 amide bonds. The molecule has 0 saturated carbocycles. The molecule has 2 heterocycles. The fraction of sp³-hybridized carbons (Fsp3) is 0.286. The molecule has 2 aromatic carbocycles. The zero-order chi connectivity index (χ0) is 29.1. The molecule has 1 aromatic heterocycles. The lowest BCUT2D eigenvalue weighted by atomic mass is 9.95. The summed E-state index contributed by atoms with van der Waals surface area (Å²) in [6.45, 7) is 6.84. The van der Waals surface area contributed by atoms with Gasteiger partial charge < -0.3 is 19.3 Å². The van der Waals surface area contributed by atoms with Crippen molar-refractivity contribution in [1.29, 1.82) is 0 Å². The van der Waals surface area contributed by atoms with E-state index in [-0.39, 0.29) is 34.6 Å². The number of carboxylic acids is 1. The summed E-state index contributed by atoms with van der Waals surface area (Å²) < 4.78 is 19.0. The van der Waals surface area contributed by atoms with E-state index < -0.39 is 24.6 Å². The predicted molar refractivity (Wildman–Crippen MR) is 155 cm³/mol. The van der Waals surface area contributed by atoms with Crippen LogP contribution >= 0.6 is 38.9 Å². The van der Waals surface area contributed by atoms with Gasteiger partial charge in [0.2, 0.25) is 0 Å². The van der Waals surface area contributed by atoms with Gasteiger partial charge in [0.25, 0.3) is 5.56 Å². The SMILES string of the molecule is CCOC(=O)C1=C(C)N=c2s/c(=C/c3cc(Cl)c(OCC(=O)O)c(Br)c3)c(=O)n2[C@@H]1c1ccccc1OC(C)C. The molecule has 40 heavy (non-hydrogen) atoms. The van der Waals surface area contributed by atoms with Crippen LogP contribution in [0.2, 0.25) is 5.02 Å². The number of ether oxygens (including phenoxy) is 3. The van der Waals surface area contributed by atoms with Crippen molar-refractivity contribution in [3.63, 3.8) is 0 Å². The minimum absolute atomic E-state index is 0.140. The molecular formula is C28H26BrClN2O7S. The maximum absolute atomic E-state index is 13.9. The summed E-state index contributed by atoms with van der Waals surface area (Å²) >= 11 is 10.9. The van der Waals surface area contributed by atoms with Crippen molar-refractivity contribution in [2.45, 2.75) is 39.8 Å². The van der Waals surface area contributed by atoms with Crippen molar-refractivity contribution in [3.05, 3.63) is 88.0 Å². The van der Waals surface area contributed by atoms with Gasteiger partial charge in [0.1, 0.15) is 11.8 Å². The molecule has 12 heteroatoms. The number of thiazole rings is 1. The van der Waals surface area contributed by atoms with E-state index in [0.717, 1.165) is 0 Å². The molecule has 210 valence electrons. The highest BCUT2D eigenvalue weighted by molar-refractivity contribution is 9.10. The molecule has 3 aromatic rings. The van der Waals surface area contributed by atoms with Gasteiger partial charge in [-0.2, -0.15) is 0 Å². The molecule has 1 aliphatic heterocycles. The van der Waals surface area contributed by atoms with Crippen molar-refractivity contribution in [2.24, 2.45) is 4.99 Å². The van der Waals surface area contributed by atoms with Gasteiger partial charge in [0, 0.05) is 5.56 Å². The van der Waals surface area contributed by atoms with E-state index in [1.807, 2.05) is 32.0 Å². The first-order valence-electron chi connectivity index (χ1n) is 12.3. The largest absolute Gasteiger partial charge is 0.491 e. The lowest BCUT2D eigenvalue weighted by molar-refractivity contribution is -0.140. The van der Waals surface area contributed by atoms with Crippen LogP contribution in [0.4, 0.5) is 0 Å². The molecule has 0 fully saturated rings. The van der Waals surface area contributed by atoms with Gasteiger partial charge in [-0.25, -0.2) is 14.6 Å². The van der Waals surface area contributed by atoms with Crippen molar-refractivity contribution >= 4 is 56.9 Å². The molecule has 0 spiro atoms. The Balaban J connectivity index is 1.91. The highest BCUT2D eigenvalue weighted by atomic mass is 79.9. The van der Waals surface area contributed by atoms with Crippen molar-refractivity contribution in [3.8, 4) is 11.5 Å². The second kappa shape index (κ2) is 12.4. The molecule has 0 saturated heterocycles. The summed E-state index contributed by atoms with van der Waals surface area (Å²) in [5.41, 5.74) is 1.55. The number of carbonyl (C=O) groups is 2. The third-order valence-electron chi connectivity index (χ3n) is 5.75. The summed E-state index contributed by atoms with van der Waals surface area (Å²) in [4.78, 5) is 43.0. The normalized spacial score (nSPS) is 15.1. The quantitative estimate of drug-likeness (QED) is 0.340. The lowest BCUT2D eigenvalue weighted by Gasteiger charge is -2.26. The number of hydrogen-bond donors (Lipinski definition) is 1. The maximum Gasteiger partial charge on any atom is 0.341 e. The van der Waals surface area contributed by atoms with Crippen LogP contribution in [0.3, 0.4) is 0 Å². The fourth-order valence-corrected chi connectivity index (χ4v) is 6.27. The van der Waals surface area contributed by atoms with Crippen molar-refractivity contribution < 1.29 is 28.9 Å². The molecule has 0 bridgehead atoms. The zero-order valence-corrected chi connectivity index (χ0v) is 25.2. The van der Waals surface area contributed by atoms with Gasteiger partial charge >= 0.3 is 11.9 Å². The van der Waals surface area contributed by atoms with Crippen LogP contribution < -0.4 is 24.4 Å². The Morgan fingerprint density at radius 2 is 2.00 bits per heavy atom. The van der Waals surface area contributed by atoms with E-state index in [0.29, 0.717) is 36.4 Å². The van der Waals surface area contributed by atoms with E-state index in [2.05, 4.69) is 20.9 Å². The number of benzene rings is 2. The van der Waals surface area contributed by atoms with Crippen LogP contribution in [-0.4, -0.2) is 40.9 Å². The van der Waals surface area contributed by atoms with Gasteiger partial charge in [0.15, 0.2) is 17.2 Å². The number of esters is 1. The van der Waals surface area contributed by atoms with E-state index in [1.165, 1.54) is 15.9 Å². The van der Waals surface area contributed by atoms with Gasteiger partial charge in [-0.1, -0.05) is 41.1 Å². The first-order valence-corrected chi connectivity index (χ1v) is 14.3. The summed E-state index contributed by atoms with van der Waals surface area (Å²) in [5, 5.41) is 9.08. The molecule has 1 N–H and O–H groups in total. The van der Waals surface area contributed by atoms with Gasteiger partial charge in [-0.3, -0.25) is 9.36 Å². The molecule has 0 radical (unpaired) electrons. The van der Waals surface area contributed by atoms with Crippen molar-refractivity contribution in [1.82, 2.24) is 4.57 Å². The Bertz CT molecular complexity index is 1670. The number of fused-ring (bicyclic) bond motifs is 1. The van der Waals surface area contributed by atoms with Crippen molar-refractivity contribution in [2.75, 3.05) is 13.2 Å². The Morgan fingerprint density at radius 3 is 2.65 bits per heavy atom. The minimum atomic E-state index is -1.14. The second-order valence-electron chi connectivity index (χ2n) is 9.00. The molecular weight excluding hydrogens is 624 g/mol. The lowest BCUT2D eigenvalue weighted by Crippen LogP contribution is -2.40. The van der Waals surface area contributed by atoms with Crippen LogP contribution in [-0.2, 0) is 14.3 Å². The maximum atomic E-state index is 13.9. The van der Waals surface area contributed by atoms with Gasteiger partial charge in [-0.15, -0.1) is 0 Å². The van der Waals surface area contributed by atoms with Gasteiger partial charge in [-0.05, 0) is 73.5 Å². The predicted octanol–water partition coefficient (Wildman–Crippen LogP) is 4.46. The summed E-state index contributed by atoms with van der Waals surface area (Å²) in [6, 6.07) is 9.69. The number of allylic oxidation sites excluding steroid dienone is 1. The third kappa shape index (κ3) is 6.16. The van der Waals surface area contributed by atoms with Crippen LogP contribution in [0.5, 0.6) is 11.5 Å². The number of hydrogen-bond acceptors (Lipinski definition) is 8. The second-order valence-corrected chi connectivity index (χ2v) is 11.3. The van der Waals surface area contributed by atoms with Crippen LogP contribution in [0, 0.1) is 0 Å². The third-order valence-corrected chi connectivity index (χ3v) is 7.60. The average Bonchev–Trinajstić information content (AvgIpc) is 3.16. The highest BCUT2D eigenvalue weighted by Crippen LogP contribution is 2.37. The molecule has 4 rings (SSSR count). The Labute approximate surface area is 247 Å². The fourth-order valence-electron chi connectivity index (χ4n) is 4.24. The van der Waals surface area contributed by atoms with E-state index in [9.17, 15) is 14.4 Å². The standard InChI is InChI=1S/C28H26BrClN2O7S/c1-5-37-27(36)23-15(4)31-28-32(24(23)17-8-6-7-9-20(17)39-14(2)3)26(35)21(40-28)12-16-10-18(29)25(19(30)11-16)38-13-22(33)34/h6-12,14,24H,5,13H2,1-4H3,(H,33,34)/b21-12+/t24-/m1/s1. The molecule has 1 aliphatic rings. The first kappa shape index (κ1) is 29.6. The van der Waals surface area contributed by atoms with Crippen LogP contribution in [0.1, 0.15) is 44.9 Å². The Kier molecular flexibility index (Phi) is 9.17. The van der Waals surface area contributed by atoms with E-state index >= 15 is 0 Å². The number of rotatable bonds is 9. The van der Waals surface area contributed by atoms with E-state index in [1.54, 1.807) is 38.1 Å². The number of carboxylic acid groups (broad SMARTS) is 1. The minimum Gasteiger partial charge on any atom is -0.491 e. The summed E-state index contributed by atoms with van der Waals surface area (Å²) in [7, 11) is 0.